The molecule has 130 valence electrons. The van der Waals surface area contributed by atoms with E-state index in [4.69, 9.17) is 4.98 Å². The van der Waals surface area contributed by atoms with Gasteiger partial charge in [-0.05, 0) is 60.8 Å². The molecule has 4 rings (SSSR count). The highest BCUT2D eigenvalue weighted by Gasteiger charge is 2.26. The van der Waals surface area contributed by atoms with Gasteiger partial charge in [0, 0.05) is 34.9 Å². The number of hydrogen-bond acceptors (Lipinski definition) is 4. The van der Waals surface area contributed by atoms with E-state index in [0.29, 0.717) is 12.0 Å². The lowest BCUT2D eigenvalue weighted by atomic mass is 9.97. The zero-order valence-corrected chi connectivity index (χ0v) is 16.1. The molecule has 1 fully saturated rings. The summed E-state index contributed by atoms with van der Waals surface area (Å²) in [5.74, 6) is 2.54. The maximum Gasteiger partial charge on any atom is 0.137 e. The Morgan fingerprint density at radius 1 is 1.20 bits per heavy atom. The second-order valence-electron chi connectivity index (χ2n) is 6.96. The van der Waals surface area contributed by atoms with E-state index in [-0.39, 0.29) is 0 Å². The van der Waals surface area contributed by atoms with Gasteiger partial charge in [-0.25, -0.2) is 4.98 Å². The van der Waals surface area contributed by atoms with Crippen molar-refractivity contribution in [3.05, 3.63) is 47.0 Å². The fourth-order valence-electron chi connectivity index (χ4n) is 3.61. The van der Waals surface area contributed by atoms with Crippen molar-refractivity contribution < 1.29 is 0 Å². The molecule has 6 heteroatoms. The van der Waals surface area contributed by atoms with Crippen LogP contribution in [0.4, 0.5) is 5.82 Å². The lowest BCUT2D eigenvalue weighted by Gasteiger charge is -2.33. The molecule has 2 aromatic heterocycles. The lowest BCUT2D eigenvalue weighted by Crippen LogP contribution is -2.36. The number of hydrogen-bond donors (Lipinski definition) is 0. The highest BCUT2D eigenvalue weighted by atomic mass is 79.9. The van der Waals surface area contributed by atoms with Gasteiger partial charge in [0.1, 0.15) is 18.0 Å². The number of nitrogens with zero attached hydrogens (tertiary/aromatic N) is 5. The van der Waals surface area contributed by atoms with Crippen molar-refractivity contribution in [2.75, 3.05) is 18.0 Å². The number of pyridine rings is 1. The molecular formula is C19H22BrN5. The smallest absolute Gasteiger partial charge is 0.137 e. The van der Waals surface area contributed by atoms with Crippen LogP contribution in [0, 0.1) is 0 Å². The fraction of sp³-hybridized carbons (Fsp3) is 0.421. The molecule has 0 amide bonds. The van der Waals surface area contributed by atoms with Crippen LogP contribution >= 0.6 is 15.9 Å². The molecule has 3 aromatic rings. The first-order valence-corrected chi connectivity index (χ1v) is 9.62. The van der Waals surface area contributed by atoms with Crippen LogP contribution in [0.15, 0.2) is 41.1 Å². The molecule has 0 bridgehead atoms. The minimum Gasteiger partial charge on any atom is -0.356 e. The molecule has 1 aliphatic heterocycles. The average molecular weight is 400 g/mol. The molecule has 1 aliphatic rings. The first-order valence-electron chi connectivity index (χ1n) is 8.83. The zero-order valence-electron chi connectivity index (χ0n) is 14.6. The summed E-state index contributed by atoms with van der Waals surface area (Å²) in [6.07, 6.45) is 4.15. The van der Waals surface area contributed by atoms with Gasteiger partial charge < -0.3 is 9.47 Å². The van der Waals surface area contributed by atoms with Gasteiger partial charge in [-0.15, -0.1) is 10.2 Å². The summed E-state index contributed by atoms with van der Waals surface area (Å²) < 4.78 is 3.23. The Balaban J connectivity index is 1.63. The summed E-state index contributed by atoms with van der Waals surface area (Å²) in [5, 5.41) is 9.71. The molecule has 0 spiro atoms. The number of halogens is 1. The standard InChI is InChI=1S/C19H22BrN5/c1-13(2)25-12-21-23-19(25)15-6-4-10-24(11-15)17-9-8-14-5-3-7-16(20)18(14)22-17/h3,5,7-9,12-13,15H,4,6,10-11H2,1-2H3. The van der Waals surface area contributed by atoms with E-state index in [1.54, 1.807) is 0 Å². The van der Waals surface area contributed by atoms with Crippen molar-refractivity contribution in [2.45, 2.75) is 38.6 Å². The topological polar surface area (TPSA) is 46.8 Å². The van der Waals surface area contributed by atoms with E-state index in [2.05, 4.69) is 67.6 Å². The molecule has 3 heterocycles. The predicted octanol–water partition coefficient (Wildman–Crippen LogP) is 4.55. The Kier molecular flexibility index (Phi) is 4.46. The number of benzene rings is 1. The van der Waals surface area contributed by atoms with Crippen LogP contribution in [0.2, 0.25) is 0 Å². The van der Waals surface area contributed by atoms with Crippen LogP contribution in [0.1, 0.15) is 44.5 Å². The normalized spacial score (nSPS) is 18.2. The number of aromatic nitrogens is 4. The van der Waals surface area contributed by atoms with E-state index in [9.17, 15) is 0 Å². The van der Waals surface area contributed by atoms with Crippen LogP contribution in [0.5, 0.6) is 0 Å². The highest BCUT2D eigenvalue weighted by Crippen LogP contribution is 2.31. The molecule has 1 aromatic carbocycles. The molecule has 0 saturated carbocycles. The highest BCUT2D eigenvalue weighted by molar-refractivity contribution is 9.10. The van der Waals surface area contributed by atoms with E-state index < -0.39 is 0 Å². The monoisotopic (exact) mass is 399 g/mol. The largest absolute Gasteiger partial charge is 0.356 e. The van der Waals surface area contributed by atoms with Crippen LogP contribution in [-0.2, 0) is 0 Å². The van der Waals surface area contributed by atoms with E-state index in [0.717, 1.165) is 52.9 Å². The Hall–Kier alpha value is -1.95. The Morgan fingerprint density at radius 3 is 2.92 bits per heavy atom. The van der Waals surface area contributed by atoms with Crippen LogP contribution < -0.4 is 4.90 Å². The van der Waals surface area contributed by atoms with Crippen molar-refractivity contribution >= 4 is 32.7 Å². The molecule has 25 heavy (non-hydrogen) atoms. The van der Waals surface area contributed by atoms with Crippen molar-refractivity contribution in [1.82, 2.24) is 19.7 Å². The van der Waals surface area contributed by atoms with Gasteiger partial charge in [0.2, 0.25) is 0 Å². The third-order valence-corrected chi connectivity index (χ3v) is 5.56. The molecule has 5 nitrogen and oxygen atoms in total. The van der Waals surface area contributed by atoms with E-state index in [1.807, 2.05) is 18.5 Å². The van der Waals surface area contributed by atoms with Gasteiger partial charge in [-0.3, -0.25) is 0 Å². The summed E-state index contributed by atoms with van der Waals surface area (Å²) in [4.78, 5) is 7.29. The van der Waals surface area contributed by atoms with Crippen LogP contribution in [0.25, 0.3) is 10.9 Å². The molecule has 1 atom stereocenters. The molecular weight excluding hydrogens is 378 g/mol. The van der Waals surface area contributed by atoms with Gasteiger partial charge in [-0.1, -0.05) is 12.1 Å². The van der Waals surface area contributed by atoms with Crippen LogP contribution in [0.3, 0.4) is 0 Å². The molecule has 1 unspecified atom stereocenters. The first kappa shape index (κ1) is 16.5. The third-order valence-electron chi connectivity index (χ3n) is 4.92. The van der Waals surface area contributed by atoms with Crippen molar-refractivity contribution in [2.24, 2.45) is 0 Å². The predicted molar refractivity (Wildman–Crippen MR) is 104 cm³/mol. The van der Waals surface area contributed by atoms with E-state index >= 15 is 0 Å². The van der Waals surface area contributed by atoms with Gasteiger partial charge in [0.15, 0.2) is 0 Å². The van der Waals surface area contributed by atoms with Crippen molar-refractivity contribution in [3.63, 3.8) is 0 Å². The lowest BCUT2D eigenvalue weighted by molar-refractivity contribution is 0.453. The molecule has 0 radical (unpaired) electrons. The maximum atomic E-state index is 4.91. The SMILES string of the molecule is CC(C)n1cnnc1C1CCCN(c2ccc3cccc(Br)c3n2)C1. The average Bonchev–Trinajstić information content (AvgIpc) is 3.12. The summed E-state index contributed by atoms with van der Waals surface area (Å²) in [6.45, 7) is 6.33. The Labute approximate surface area is 156 Å². The second-order valence-corrected chi connectivity index (χ2v) is 7.81. The Morgan fingerprint density at radius 2 is 2.08 bits per heavy atom. The van der Waals surface area contributed by atoms with Gasteiger partial charge in [0.25, 0.3) is 0 Å². The molecule has 1 saturated heterocycles. The zero-order chi connectivity index (χ0) is 17.4. The van der Waals surface area contributed by atoms with Gasteiger partial charge >= 0.3 is 0 Å². The molecule has 0 N–H and O–H groups in total. The second kappa shape index (κ2) is 6.75. The van der Waals surface area contributed by atoms with Crippen molar-refractivity contribution in [1.29, 1.82) is 0 Å². The molecule has 0 aliphatic carbocycles. The van der Waals surface area contributed by atoms with Crippen molar-refractivity contribution in [3.8, 4) is 0 Å². The summed E-state index contributed by atoms with van der Waals surface area (Å²) in [6, 6.07) is 10.9. The summed E-state index contributed by atoms with van der Waals surface area (Å²) in [5.41, 5.74) is 1.02. The number of para-hydroxylation sites is 1. The maximum absolute atomic E-state index is 4.91. The quantitative estimate of drug-likeness (QED) is 0.647. The van der Waals surface area contributed by atoms with Gasteiger partial charge in [-0.2, -0.15) is 0 Å². The summed E-state index contributed by atoms with van der Waals surface area (Å²) in [7, 11) is 0. The first-order chi connectivity index (χ1) is 12.1. The van der Waals surface area contributed by atoms with Crippen LogP contribution in [-0.4, -0.2) is 32.8 Å². The number of rotatable bonds is 3. The number of piperidine rings is 1. The minimum absolute atomic E-state index is 0.384. The third kappa shape index (κ3) is 3.15. The minimum atomic E-state index is 0.384. The fourth-order valence-corrected chi connectivity index (χ4v) is 4.08. The Bertz CT molecular complexity index is 888. The van der Waals surface area contributed by atoms with E-state index in [1.165, 1.54) is 0 Å². The summed E-state index contributed by atoms with van der Waals surface area (Å²) >= 11 is 3.62. The number of fused-ring (bicyclic) bond motifs is 1. The van der Waals surface area contributed by atoms with Gasteiger partial charge in [0.05, 0.1) is 5.52 Å². The number of anilines is 1.